The largest absolute Gasteiger partial charge is 0.478 e. The third kappa shape index (κ3) is 4.05. The maximum atomic E-state index is 11.7. The van der Waals surface area contributed by atoms with Crippen LogP contribution in [0.15, 0.2) is 36.4 Å². The number of rotatable bonds is 6. The number of benzene rings is 1. The molecule has 0 spiro atoms. The maximum absolute atomic E-state index is 11.7. The summed E-state index contributed by atoms with van der Waals surface area (Å²) in [5.74, 6) is -1.74. The highest BCUT2D eigenvalue weighted by Crippen LogP contribution is 2.11. The van der Waals surface area contributed by atoms with Crippen molar-refractivity contribution in [3.05, 3.63) is 47.5 Å². The predicted molar refractivity (Wildman–Crippen MR) is 67.7 cm³/mol. The smallest absolute Gasteiger partial charge is 0.339 e. The van der Waals surface area contributed by atoms with Crippen LogP contribution in [0.25, 0.3) is 0 Å². The zero-order valence-corrected chi connectivity index (χ0v) is 10.3. The molecule has 0 fully saturated rings. The molecule has 18 heavy (non-hydrogen) atoms. The summed E-state index contributed by atoms with van der Waals surface area (Å²) in [5.41, 5.74) is 1.07. The van der Waals surface area contributed by atoms with E-state index in [9.17, 15) is 9.59 Å². The van der Waals surface area contributed by atoms with Gasteiger partial charge in [0.05, 0.1) is 17.7 Å². The van der Waals surface area contributed by atoms with Crippen molar-refractivity contribution in [2.24, 2.45) is 0 Å². The summed E-state index contributed by atoms with van der Waals surface area (Å²) in [6.45, 7) is 5.92. The van der Waals surface area contributed by atoms with Crippen molar-refractivity contribution in [3.63, 3.8) is 0 Å². The molecule has 1 aromatic carbocycles. The lowest BCUT2D eigenvalue weighted by atomic mass is 10.1. The first-order valence-electron chi connectivity index (χ1n) is 5.66. The third-order valence-electron chi connectivity index (χ3n) is 2.36. The second kappa shape index (κ2) is 6.59. The number of carbonyl (C=O) groups excluding carboxylic acids is 1. The van der Waals surface area contributed by atoms with Crippen LogP contribution in [0.5, 0.6) is 0 Å². The molecule has 0 heterocycles. The predicted octanol–water partition coefficient (Wildman–Crippen LogP) is 2.90. The molecule has 0 aliphatic heterocycles. The molecule has 0 bridgehead atoms. The standard InChI is InChI=1S/C14H16O4/c1-10(2)6-5-9-18-14(17)12-8-4-3-7-11(12)13(15)16/h3-4,7-8H,1,5-6,9H2,2H3,(H,15,16). The molecule has 0 aliphatic carbocycles. The lowest BCUT2D eigenvalue weighted by Crippen LogP contribution is -2.12. The van der Waals surface area contributed by atoms with E-state index < -0.39 is 11.9 Å². The Labute approximate surface area is 106 Å². The van der Waals surface area contributed by atoms with Crippen LogP contribution in [-0.4, -0.2) is 23.7 Å². The van der Waals surface area contributed by atoms with Crippen molar-refractivity contribution in [1.82, 2.24) is 0 Å². The van der Waals surface area contributed by atoms with Crippen molar-refractivity contribution in [2.75, 3.05) is 6.61 Å². The average molecular weight is 248 g/mol. The minimum absolute atomic E-state index is 0.0394. The Kier molecular flexibility index (Phi) is 5.11. The van der Waals surface area contributed by atoms with Crippen LogP contribution >= 0.6 is 0 Å². The molecule has 0 saturated carbocycles. The van der Waals surface area contributed by atoms with Crippen LogP contribution < -0.4 is 0 Å². The SMILES string of the molecule is C=C(C)CCCOC(=O)c1ccccc1C(=O)O. The van der Waals surface area contributed by atoms with E-state index >= 15 is 0 Å². The molecule has 0 atom stereocenters. The van der Waals surface area contributed by atoms with E-state index in [-0.39, 0.29) is 17.7 Å². The molecule has 4 nitrogen and oxygen atoms in total. The van der Waals surface area contributed by atoms with Gasteiger partial charge in [0.1, 0.15) is 0 Å². The quantitative estimate of drug-likeness (QED) is 0.477. The summed E-state index contributed by atoms with van der Waals surface area (Å²) in [6, 6.07) is 6.01. The van der Waals surface area contributed by atoms with Crippen molar-refractivity contribution in [3.8, 4) is 0 Å². The van der Waals surface area contributed by atoms with Crippen molar-refractivity contribution in [1.29, 1.82) is 0 Å². The molecule has 1 aromatic rings. The highest BCUT2D eigenvalue weighted by molar-refractivity contribution is 6.02. The minimum atomic E-state index is -1.13. The summed E-state index contributed by atoms with van der Waals surface area (Å²) in [6.07, 6.45) is 1.48. The summed E-state index contributed by atoms with van der Waals surface area (Å²) >= 11 is 0. The fourth-order valence-corrected chi connectivity index (χ4v) is 1.46. The molecular weight excluding hydrogens is 232 g/mol. The normalized spacial score (nSPS) is 9.83. The summed E-state index contributed by atoms with van der Waals surface area (Å²) < 4.78 is 5.03. The van der Waals surface area contributed by atoms with E-state index in [1.165, 1.54) is 12.1 Å². The van der Waals surface area contributed by atoms with Crippen LogP contribution in [0.3, 0.4) is 0 Å². The van der Waals surface area contributed by atoms with Gasteiger partial charge in [0.2, 0.25) is 0 Å². The lowest BCUT2D eigenvalue weighted by molar-refractivity contribution is 0.0490. The van der Waals surface area contributed by atoms with Gasteiger partial charge in [-0.15, -0.1) is 6.58 Å². The molecule has 0 saturated heterocycles. The highest BCUT2D eigenvalue weighted by Gasteiger charge is 2.16. The highest BCUT2D eigenvalue weighted by atomic mass is 16.5. The van der Waals surface area contributed by atoms with Crippen LogP contribution in [0.1, 0.15) is 40.5 Å². The number of carboxylic acids is 1. The van der Waals surface area contributed by atoms with Crippen LogP contribution in [-0.2, 0) is 4.74 Å². The zero-order valence-electron chi connectivity index (χ0n) is 10.3. The summed E-state index contributed by atoms with van der Waals surface area (Å²) in [5, 5.41) is 8.94. The van der Waals surface area contributed by atoms with Crippen molar-refractivity contribution in [2.45, 2.75) is 19.8 Å². The van der Waals surface area contributed by atoms with Crippen LogP contribution in [0.4, 0.5) is 0 Å². The Balaban J connectivity index is 2.61. The van der Waals surface area contributed by atoms with Gasteiger partial charge in [-0.25, -0.2) is 9.59 Å². The van der Waals surface area contributed by atoms with Crippen molar-refractivity contribution < 1.29 is 19.4 Å². The second-order valence-electron chi connectivity index (χ2n) is 4.05. The first-order chi connectivity index (χ1) is 8.52. The van der Waals surface area contributed by atoms with E-state index in [4.69, 9.17) is 9.84 Å². The Morgan fingerprint density at radius 1 is 1.28 bits per heavy atom. The Morgan fingerprint density at radius 2 is 1.89 bits per heavy atom. The van der Waals surface area contributed by atoms with Crippen molar-refractivity contribution >= 4 is 11.9 Å². The summed E-state index contributed by atoms with van der Waals surface area (Å²) in [4.78, 5) is 22.6. The van der Waals surface area contributed by atoms with Gasteiger partial charge in [0, 0.05) is 0 Å². The number of ether oxygens (including phenoxy) is 1. The van der Waals surface area contributed by atoms with Gasteiger partial charge in [-0.2, -0.15) is 0 Å². The van der Waals surface area contributed by atoms with E-state index in [2.05, 4.69) is 6.58 Å². The van der Waals surface area contributed by atoms with Gasteiger partial charge < -0.3 is 9.84 Å². The topological polar surface area (TPSA) is 63.6 Å². The third-order valence-corrected chi connectivity index (χ3v) is 2.36. The average Bonchev–Trinajstić information content (AvgIpc) is 2.34. The Morgan fingerprint density at radius 3 is 2.44 bits per heavy atom. The molecule has 0 radical (unpaired) electrons. The molecule has 1 N–H and O–H groups in total. The molecule has 0 unspecified atom stereocenters. The first kappa shape index (κ1) is 14.0. The lowest BCUT2D eigenvalue weighted by Gasteiger charge is -2.07. The van der Waals surface area contributed by atoms with Crippen LogP contribution in [0, 0.1) is 0 Å². The van der Waals surface area contributed by atoms with Gasteiger partial charge in [-0.05, 0) is 31.9 Å². The van der Waals surface area contributed by atoms with Gasteiger partial charge in [0.25, 0.3) is 0 Å². The number of hydrogen-bond acceptors (Lipinski definition) is 3. The number of aromatic carboxylic acids is 1. The fourth-order valence-electron chi connectivity index (χ4n) is 1.46. The number of allylic oxidation sites excluding steroid dienone is 1. The second-order valence-corrected chi connectivity index (χ2v) is 4.05. The fraction of sp³-hybridized carbons (Fsp3) is 0.286. The number of carbonyl (C=O) groups is 2. The summed E-state index contributed by atoms with van der Waals surface area (Å²) in [7, 11) is 0. The molecule has 1 rings (SSSR count). The van der Waals surface area contributed by atoms with E-state index in [1.807, 2.05) is 6.92 Å². The number of carboxylic acid groups (broad SMARTS) is 1. The number of hydrogen-bond donors (Lipinski definition) is 1. The van der Waals surface area contributed by atoms with Crippen LogP contribution in [0.2, 0.25) is 0 Å². The molecule has 0 amide bonds. The molecule has 4 heteroatoms. The zero-order chi connectivity index (χ0) is 13.5. The van der Waals surface area contributed by atoms with Gasteiger partial charge >= 0.3 is 11.9 Å². The van der Waals surface area contributed by atoms with E-state index in [0.29, 0.717) is 6.42 Å². The minimum Gasteiger partial charge on any atom is -0.478 e. The Hall–Kier alpha value is -2.10. The Bertz CT molecular complexity index is 463. The van der Waals surface area contributed by atoms with E-state index in [0.717, 1.165) is 12.0 Å². The van der Waals surface area contributed by atoms with Gasteiger partial charge in [-0.1, -0.05) is 17.7 Å². The number of esters is 1. The van der Waals surface area contributed by atoms with Gasteiger partial charge in [-0.3, -0.25) is 0 Å². The molecular formula is C14H16O4. The molecule has 0 aliphatic rings. The monoisotopic (exact) mass is 248 g/mol. The van der Waals surface area contributed by atoms with Gasteiger partial charge in [0.15, 0.2) is 0 Å². The molecule has 96 valence electrons. The first-order valence-corrected chi connectivity index (χ1v) is 5.66. The molecule has 0 aromatic heterocycles. The maximum Gasteiger partial charge on any atom is 0.339 e. The van der Waals surface area contributed by atoms with E-state index in [1.54, 1.807) is 12.1 Å².